The quantitative estimate of drug-likeness (QED) is 0.894. The molecule has 1 aromatic heterocycles. The van der Waals surface area contributed by atoms with Crippen molar-refractivity contribution < 1.29 is 0 Å². The van der Waals surface area contributed by atoms with Gasteiger partial charge in [0.2, 0.25) is 5.95 Å². The third kappa shape index (κ3) is 3.56. The summed E-state index contributed by atoms with van der Waals surface area (Å²) in [5.41, 5.74) is 4.60. The molecule has 2 aromatic rings. The fraction of sp³-hybridized carbons (Fsp3) is 0.412. The van der Waals surface area contributed by atoms with Gasteiger partial charge in [-0.1, -0.05) is 43.7 Å². The van der Waals surface area contributed by atoms with Crippen LogP contribution in [0.3, 0.4) is 0 Å². The summed E-state index contributed by atoms with van der Waals surface area (Å²) in [6.45, 7) is 10.5. The highest BCUT2D eigenvalue weighted by atomic mass is 15.1. The zero-order chi connectivity index (χ0) is 14.7. The van der Waals surface area contributed by atoms with Crippen LogP contribution in [0.1, 0.15) is 55.2 Å². The molecule has 3 nitrogen and oxygen atoms in total. The minimum atomic E-state index is 0.192. The number of nitrogens with one attached hydrogen (secondary N) is 1. The molecule has 20 heavy (non-hydrogen) atoms. The molecule has 0 saturated heterocycles. The summed E-state index contributed by atoms with van der Waals surface area (Å²) in [5, 5.41) is 3.39. The Labute approximate surface area is 121 Å². The zero-order valence-electron chi connectivity index (χ0n) is 12.9. The Morgan fingerprint density at radius 2 is 1.60 bits per heavy atom. The van der Waals surface area contributed by atoms with Crippen LogP contribution in [-0.4, -0.2) is 9.97 Å². The maximum absolute atomic E-state index is 4.59. The Balaban J connectivity index is 2.18. The van der Waals surface area contributed by atoms with Gasteiger partial charge in [0.1, 0.15) is 0 Å². The first-order valence-corrected chi connectivity index (χ1v) is 7.14. The highest BCUT2D eigenvalue weighted by Gasteiger charge is 2.09. The molecule has 0 radical (unpaired) electrons. The number of hydrogen-bond donors (Lipinski definition) is 1. The van der Waals surface area contributed by atoms with Crippen molar-refractivity contribution >= 4 is 5.95 Å². The normalized spacial score (nSPS) is 12.5. The SMILES string of the molecule is Cc1ccc(C(C)Nc2nc(C)cc(C(C)C)n2)cc1. The Kier molecular flexibility index (Phi) is 4.38. The van der Waals surface area contributed by atoms with Crippen LogP contribution in [-0.2, 0) is 0 Å². The van der Waals surface area contributed by atoms with Gasteiger partial charge < -0.3 is 5.32 Å². The third-order valence-electron chi connectivity index (χ3n) is 3.39. The molecule has 3 heteroatoms. The summed E-state index contributed by atoms with van der Waals surface area (Å²) in [7, 11) is 0. The number of anilines is 1. The topological polar surface area (TPSA) is 37.8 Å². The second kappa shape index (κ2) is 6.04. The first kappa shape index (κ1) is 14.5. The van der Waals surface area contributed by atoms with Gasteiger partial charge in [0, 0.05) is 11.4 Å². The van der Waals surface area contributed by atoms with Crippen LogP contribution in [0, 0.1) is 13.8 Å². The first-order valence-electron chi connectivity index (χ1n) is 7.14. The zero-order valence-corrected chi connectivity index (χ0v) is 12.9. The number of rotatable bonds is 4. The van der Waals surface area contributed by atoms with Crippen LogP contribution in [0.4, 0.5) is 5.95 Å². The van der Waals surface area contributed by atoms with Crippen LogP contribution >= 0.6 is 0 Å². The van der Waals surface area contributed by atoms with Crippen molar-refractivity contribution in [3.8, 4) is 0 Å². The van der Waals surface area contributed by atoms with Crippen molar-refractivity contribution in [3.63, 3.8) is 0 Å². The summed E-state index contributed by atoms with van der Waals surface area (Å²) in [5.74, 6) is 1.12. The van der Waals surface area contributed by atoms with Gasteiger partial charge in [0.15, 0.2) is 0 Å². The molecule has 0 aliphatic rings. The molecular weight excluding hydrogens is 246 g/mol. The number of aromatic nitrogens is 2. The highest BCUT2D eigenvalue weighted by Crippen LogP contribution is 2.20. The molecule has 2 rings (SSSR count). The lowest BCUT2D eigenvalue weighted by Gasteiger charge is -2.16. The first-order chi connectivity index (χ1) is 9.45. The Bertz CT molecular complexity index is 573. The van der Waals surface area contributed by atoms with Crippen molar-refractivity contribution in [3.05, 3.63) is 52.8 Å². The van der Waals surface area contributed by atoms with E-state index in [1.807, 2.05) is 13.0 Å². The van der Waals surface area contributed by atoms with E-state index in [0.717, 1.165) is 11.4 Å². The molecule has 0 bridgehead atoms. The summed E-state index contributed by atoms with van der Waals surface area (Å²) in [6, 6.07) is 10.8. The predicted octanol–water partition coefficient (Wildman–Crippen LogP) is 4.39. The summed E-state index contributed by atoms with van der Waals surface area (Å²) >= 11 is 0. The molecule has 106 valence electrons. The van der Waals surface area contributed by atoms with Gasteiger partial charge >= 0.3 is 0 Å². The largest absolute Gasteiger partial charge is 0.348 e. The average molecular weight is 269 g/mol. The lowest BCUT2D eigenvalue weighted by atomic mass is 10.1. The standard InChI is InChI=1S/C17H23N3/c1-11(2)16-10-13(4)18-17(20-16)19-14(5)15-8-6-12(3)7-9-15/h6-11,14H,1-5H3,(H,18,19,20). The Hall–Kier alpha value is -1.90. The fourth-order valence-corrected chi connectivity index (χ4v) is 2.09. The van der Waals surface area contributed by atoms with Crippen molar-refractivity contribution in [2.24, 2.45) is 0 Å². The Morgan fingerprint density at radius 3 is 2.20 bits per heavy atom. The molecule has 1 heterocycles. The minimum Gasteiger partial charge on any atom is -0.348 e. The van der Waals surface area contributed by atoms with E-state index in [1.54, 1.807) is 0 Å². The average Bonchev–Trinajstić information content (AvgIpc) is 2.38. The summed E-state index contributed by atoms with van der Waals surface area (Å²) < 4.78 is 0. The molecule has 1 N–H and O–H groups in total. The van der Waals surface area contributed by atoms with Crippen LogP contribution in [0.5, 0.6) is 0 Å². The van der Waals surface area contributed by atoms with E-state index in [1.165, 1.54) is 11.1 Å². The van der Waals surface area contributed by atoms with Gasteiger partial charge in [-0.05, 0) is 38.3 Å². The lowest BCUT2D eigenvalue weighted by molar-refractivity contribution is 0.793. The van der Waals surface area contributed by atoms with Crippen LogP contribution in [0.2, 0.25) is 0 Å². The molecule has 0 saturated carbocycles. The number of benzene rings is 1. The van der Waals surface area contributed by atoms with Gasteiger partial charge in [-0.25, -0.2) is 9.97 Å². The van der Waals surface area contributed by atoms with E-state index in [2.05, 4.69) is 67.2 Å². The van der Waals surface area contributed by atoms with Crippen molar-refractivity contribution in [2.75, 3.05) is 5.32 Å². The molecule has 0 aliphatic heterocycles. The monoisotopic (exact) mass is 269 g/mol. The second-order valence-electron chi connectivity index (χ2n) is 5.69. The molecule has 1 aromatic carbocycles. The van der Waals surface area contributed by atoms with Gasteiger partial charge in [0.25, 0.3) is 0 Å². The minimum absolute atomic E-state index is 0.192. The Morgan fingerprint density at radius 1 is 0.950 bits per heavy atom. The van der Waals surface area contributed by atoms with E-state index in [-0.39, 0.29) is 6.04 Å². The van der Waals surface area contributed by atoms with Gasteiger partial charge in [-0.15, -0.1) is 0 Å². The van der Waals surface area contributed by atoms with Gasteiger partial charge in [-0.2, -0.15) is 0 Å². The smallest absolute Gasteiger partial charge is 0.223 e. The highest BCUT2D eigenvalue weighted by molar-refractivity contribution is 5.34. The van der Waals surface area contributed by atoms with E-state index in [4.69, 9.17) is 0 Å². The van der Waals surface area contributed by atoms with Crippen LogP contribution in [0.15, 0.2) is 30.3 Å². The maximum atomic E-state index is 4.59. The molecule has 1 atom stereocenters. The molecule has 0 fully saturated rings. The van der Waals surface area contributed by atoms with E-state index in [9.17, 15) is 0 Å². The number of aryl methyl sites for hydroxylation is 2. The van der Waals surface area contributed by atoms with E-state index < -0.39 is 0 Å². The van der Waals surface area contributed by atoms with Crippen LogP contribution in [0.25, 0.3) is 0 Å². The second-order valence-corrected chi connectivity index (χ2v) is 5.69. The number of hydrogen-bond acceptors (Lipinski definition) is 3. The molecule has 0 amide bonds. The molecule has 0 aliphatic carbocycles. The number of nitrogens with zero attached hydrogens (tertiary/aromatic N) is 2. The molecule has 1 unspecified atom stereocenters. The van der Waals surface area contributed by atoms with Crippen molar-refractivity contribution in [1.29, 1.82) is 0 Å². The summed E-state index contributed by atoms with van der Waals surface area (Å²) in [6.07, 6.45) is 0. The predicted molar refractivity (Wildman–Crippen MR) is 84.1 cm³/mol. The van der Waals surface area contributed by atoms with E-state index >= 15 is 0 Å². The molecule has 0 spiro atoms. The fourth-order valence-electron chi connectivity index (χ4n) is 2.09. The third-order valence-corrected chi connectivity index (χ3v) is 3.39. The molecular formula is C17H23N3. The van der Waals surface area contributed by atoms with Crippen molar-refractivity contribution in [1.82, 2.24) is 9.97 Å². The van der Waals surface area contributed by atoms with Gasteiger partial charge in [0.05, 0.1) is 6.04 Å². The van der Waals surface area contributed by atoms with Crippen LogP contribution < -0.4 is 5.32 Å². The van der Waals surface area contributed by atoms with Gasteiger partial charge in [-0.3, -0.25) is 0 Å². The summed E-state index contributed by atoms with van der Waals surface area (Å²) in [4.78, 5) is 9.07. The lowest BCUT2D eigenvalue weighted by Crippen LogP contribution is -2.11. The maximum Gasteiger partial charge on any atom is 0.223 e. The van der Waals surface area contributed by atoms with E-state index in [0.29, 0.717) is 11.9 Å². The van der Waals surface area contributed by atoms with Crippen molar-refractivity contribution in [2.45, 2.75) is 46.6 Å².